The first-order valence-electron chi connectivity index (χ1n) is 9.67. The minimum atomic E-state index is -1.48. The van der Waals surface area contributed by atoms with Gasteiger partial charge in [0.15, 0.2) is 5.78 Å². The fourth-order valence-electron chi connectivity index (χ4n) is 3.68. The third kappa shape index (κ3) is 4.36. The Morgan fingerprint density at radius 3 is 2.48 bits per heavy atom. The number of carbonyl (C=O) groups is 1. The Labute approximate surface area is 176 Å². The van der Waals surface area contributed by atoms with Gasteiger partial charge in [0, 0.05) is 23.9 Å². The Kier molecular flexibility index (Phi) is 5.58. The molecule has 0 saturated heterocycles. The van der Waals surface area contributed by atoms with Crippen LogP contribution >= 0.6 is 11.6 Å². The Hall–Kier alpha value is -2.24. The van der Waals surface area contributed by atoms with Crippen molar-refractivity contribution in [2.75, 3.05) is 0 Å². The number of aliphatic imine (C=N–C) groups is 1. The summed E-state index contributed by atoms with van der Waals surface area (Å²) >= 11 is 5.85. The highest BCUT2D eigenvalue weighted by molar-refractivity contribution is 6.30. The molecule has 5 nitrogen and oxygen atoms in total. The van der Waals surface area contributed by atoms with E-state index in [9.17, 15) is 15.0 Å². The van der Waals surface area contributed by atoms with Crippen molar-refractivity contribution < 1.29 is 15.0 Å². The molecule has 0 fully saturated rings. The number of halogens is 1. The van der Waals surface area contributed by atoms with Crippen molar-refractivity contribution >= 4 is 23.1 Å². The summed E-state index contributed by atoms with van der Waals surface area (Å²) in [6.45, 7) is 9.81. The number of carbonyl (C=O) groups excluding carboxylic acids is 1. The van der Waals surface area contributed by atoms with Crippen LogP contribution < -0.4 is 0 Å². The molecule has 154 valence electrons. The van der Waals surface area contributed by atoms with Gasteiger partial charge in [-0.25, -0.2) is 0 Å². The third-order valence-corrected chi connectivity index (χ3v) is 5.70. The number of fused-ring (bicyclic) bond motifs is 1. The van der Waals surface area contributed by atoms with E-state index >= 15 is 0 Å². The summed E-state index contributed by atoms with van der Waals surface area (Å²) < 4.78 is 0. The predicted molar refractivity (Wildman–Crippen MR) is 115 cm³/mol. The maximum atomic E-state index is 12.9. The maximum absolute atomic E-state index is 12.9. The van der Waals surface area contributed by atoms with E-state index in [0.29, 0.717) is 22.7 Å². The molecule has 0 amide bonds. The molecule has 1 aliphatic heterocycles. The molecule has 1 aliphatic rings. The number of rotatable bonds is 4. The Balaban J connectivity index is 1.91. The van der Waals surface area contributed by atoms with Crippen LogP contribution in [0.25, 0.3) is 0 Å². The molecule has 29 heavy (non-hydrogen) atoms. The number of aliphatic hydroxyl groups is 1. The van der Waals surface area contributed by atoms with E-state index in [4.69, 9.17) is 16.6 Å². The number of nitrogens with zero attached hydrogens (tertiary/aromatic N) is 2. The van der Waals surface area contributed by atoms with Gasteiger partial charge in [-0.1, -0.05) is 38.4 Å². The number of phenols is 1. The van der Waals surface area contributed by atoms with Crippen LogP contribution in [0.5, 0.6) is 5.75 Å². The van der Waals surface area contributed by atoms with Gasteiger partial charge in [-0.05, 0) is 49.4 Å². The number of aromatic nitrogens is 1. The van der Waals surface area contributed by atoms with Gasteiger partial charge in [0.25, 0.3) is 0 Å². The fourth-order valence-corrected chi connectivity index (χ4v) is 3.79. The molecule has 0 saturated carbocycles. The van der Waals surface area contributed by atoms with Gasteiger partial charge in [0.1, 0.15) is 11.4 Å². The monoisotopic (exact) mass is 414 g/mol. The summed E-state index contributed by atoms with van der Waals surface area (Å²) in [6, 6.07) is 6.85. The molecule has 2 N–H and O–H groups in total. The third-order valence-electron chi connectivity index (χ3n) is 5.47. The zero-order valence-electron chi connectivity index (χ0n) is 17.5. The molecular formula is C23H27ClN2O3. The zero-order valence-corrected chi connectivity index (χ0v) is 18.2. The van der Waals surface area contributed by atoms with E-state index in [-0.39, 0.29) is 35.0 Å². The van der Waals surface area contributed by atoms with Crippen LogP contribution in [0.2, 0.25) is 5.02 Å². The lowest BCUT2D eigenvalue weighted by Gasteiger charge is -2.32. The Bertz CT molecular complexity index is 973. The van der Waals surface area contributed by atoms with Crippen molar-refractivity contribution in [3.63, 3.8) is 0 Å². The minimum absolute atomic E-state index is 0.00728. The highest BCUT2D eigenvalue weighted by Gasteiger charge is 2.33. The number of hydrogen-bond donors (Lipinski definition) is 2. The molecule has 2 heterocycles. The standard InChI is InChI=1S/C23H27ClN2O3/c1-13-20-14(10-19(26-13)22(2,3)4)6-8-16(21(20)28)17(27)11-23(5,29)18-9-7-15(24)12-25-18/h6-9,12,19,28-29H,10-11H2,1-5H3. The molecule has 6 heteroatoms. The summed E-state index contributed by atoms with van der Waals surface area (Å²) in [5.41, 5.74) is 1.39. The van der Waals surface area contributed by atoms with Crippen molar-refractivity contribution in [3.8, 4) is 5.75 Å². The number of ketones is 1. The van der Waals surface area contributed by atoms with Crippen molar-refractivity contribution in [1.82, 2.24) is 4.98 Å². The highest BCUT2D eigenvalue weighted by atomic mass is 35.5. The van der Waals surface area contributed by atoms with Crippen LogP contribution in [-0.4, -0.2) is 32.7 Å². The molecule has 1 aromatic carbocycles. The lowest BCUT2D eigenvalue weighted by molar-refractivity contribution is 0.0397. The second-order valence-electron chi connectivity index (χ2n) is 9.03. The van der Waals surface area contributed by atoms with E-state index in [1.807, 2.05) is 13.0 Å². The van der Waals surface area contributed by atoms with Gasteiger partial charge < -0.3 is 10.2 Å². The molecule has 2 unspecified atom stereocenters. The predicted octanol–water partition coefficient (Wildman–Crippen LogP) is 4.70. The summed E-state index contributed by atoms with van der Waals surface area (Å²) in [6.07, 6.45) is 1.93. The van der Waals surface area contributed by atoms with Crippen LogP contribution in [-0.2, 0) is 12.0 Å². The lowest BCUT2D eigenvalue weighted by atomic mass is 9.79. The van der Waals surface area contributed by atoms with Gasteiger partial charge in [-0.2, -0.15) is 0 Å². The number of benzene rings is 1. The van der Waals surface area contributed by atoms with E-state index in [0.717, 1.165) is 11.3 Å². The molecule has 2 atom stereocenters. The summed E-state index contributed by atoms with van der Waals surface area (Å²) in [5.74, 6) is -0.432. The van der Waals surface area contributed by atoms with Gasteiger partial charge in [0.2, 0.25) is 0 Å². The largest absolute Gasteiger partial charge is 0.506 e. The van der Waals surface area contributed by atoms with Crippen LogP contribution in [0.3, 0.4) is 0 Å². The van der Waals surface area contributed by atoms with Crippen LogP contribution in [0.15, 0.2) is 35.5 Å². The number of aromatic hydroxyl groups is 1. The van der Waals surface area contributed by atoms with Crippen molar-refractivity contribution in [2.45, 2.75) is 59.1 Å². The second kappa shape index (κ2) is 7.54. The number of hydrogen-bond acceptors (Lipinski definition) is 5. The van der Waals surface area contributed by atoms with E-state index in [2.05, 4.69) is 25.8 Å². The SMILES string of the molecule is CC1=NC(C(C)(C)C)Cc2ccc(C(=O)CC(C)(O)c3ccc(Cl)cn3)c(O)c21. The average Bonchev–Trinajstić information content (AvgIpc) is 2.60. The summed E-state index contributed by atoms with van der Waals surface area (Å²) in [7, 11) is 0. The molecule has 0 radical (unpaired) electrons. The normalized spacial score (nSPS) is 18.6. The second-order valence-corrected chi connectivity index (χ2v) is 9.47. The first-order chi connectivity index (χ1) is 13.4. The Morgan fingerprint density at radius 1 is 1.21 bits per heavy atom. The van der Waals surface area contributed by atoms with Gasteiger partial charge in [-0.15, -0.1) is 0 Å². The average molecular weight is 415 g/mol. The van der Waals surface area contributed by atoms with Gasteiger partial charge in [-0.3, -0.25) is 14.8 Å². The molecular weight excluding hydrogens is 388 g/mol. The first kappa shape index (κ1) is 21.5. The summed E-state index contributed by atoms with van der Waals surface area (Å²) in [5, 5.41) is 22.1. The molecule has 0 bridgehead atoms. The number of phenolic OH excluding ortho intramolecular Hbond substituents is 1. The van der Waals surface area contributed by atoms with E-state index in [1.54, 1.807) is 18.2 Å². The highest BCUT2D eigenvalue weighted by Crippen LogP contribution is 2.37. The van der Waals surface area contributed by atoms with E-state index in [1.165, 1.54) is 13.1 Å². The topological polar surface area (TPSA) is 82.8 Å². The fraction of sp³-hybridized carbons (Fsp3) is 0.435. The minimum Gasteiger partial charge on any atom is -0.506 e. The Morgan fingerprint density at radius 2 is 1.90 bits per heavy atom. The molecule has 2 aromatic rings. The number of Topliss-reactive ketones (excluding diaryl/α,β-unsaturated/α-hetero) is 1. The smallest absolute Gasteiger partial charge is 0.169 e. The van der Waals surface area contributed by atoms with Gasteiger partial charge >= 0.3 is 0 Å². The van der Waals surface area contributed by atoms with Crippen LogP contribution in [0.1, 0.15) is 68.2 Å². The van der Waals surface area contributed by atoms with Crippen molar-refractivity contribution in [2.24, 2.45) is 10.4 Å². The summed E-state index contributed by atoms with van der Waals surface area (Å²) in [4.78, 5) is 21.8. The lowest BCUT2D eigenvalue weighted by Crippen LogP contribution is -2.31. The van der Waals surface area contributed by atoms with Crippen LogP contribution in [0, 0.1) is 5.41 Å². The van der Waals surface area contributed by atoms with Gasteiger partial charge in [0.05, 0.1) is 22.3 Å². The quantitative estimate of drug-likeness (QED) is 0.710. The maximum Gasteiger partial charge on any atom is 0.169 e. The van der Waals surface area contributed by atoms with E-state index < -0.39 is 5.60 Å². The first-order valence-corrected chi connectivity index (χ1v) is 10.0. The number of pyridine rings is 1. The molecule has 1 aromatic heterocycles. The molecule has 3 rings (SSSR count). The molecule has 0 spiro atoms. The van der Waals surface area contributed by atoms with Crippen molar-refractivity contribution in [1.29, 1.82) is 0 Å². The van der Waals surface area contributed by atoms with Crippen LogP contribution in [0.4, 0.5) is 0 Å². The zero-order chi connectivity index (χ0) is 21.6. The molecule has 0 aliphatic carbocycles. The van der Waals surface area contributed by atoms with Crippen molar-refractivity contribution in [3.05, 3.63) is 57.9 Å².